The van der Waals surface area contributed by atoms with E-state index >= 15 is 0 Å². The minimum atomic E-state index is 0.111. The summed E-state index contributed by atoms with van der Waals surface area (Å²) in [7, 11) is 1.67. The van der Waals surface area contributed by atoms with Gasteiger partial charge in [-0.05, 0) is 32.2 Å². The molecule has 1 saturated carbocycles. The molecule has 0 aromatic heterocycles. The molecule has 126 valence electrons. The lowest BCUT2D eigenvalue weighted by atomic mass is 9.77. The van der Waals surface area contributed by atoms with Crippen LogP contribution < -0.4 is 5.32 Å². The molecule has 0 saturated heterocycles. The fourth-order valence-corrected chi connectivity index (χ4v) is 2.41. The number of ether oxygens (including phenoxy) is 4. The Balaban J connectivity index is 1.94. The highest BCUT2D eigenvalue weighted by Gasteiger charge is 2.37. The molecule has 0 spiro atoms. The second kappa shape index (κ2) is 11.4. The van der Waals surface area contributed by atoms with Gasteiger partial charge in [0.05, 0.1) is 45.2 Å². The van der Waals surface area contributed by atoms with Gasteiger partial charge in [0.2, 0.25) is 0 Å². The van der Waals surface area contributed by atoms with E-state index in [4.69, 9.17) is 18.9 Å². The molecule has 1 rings (SSSR count). The molecule has 0 bridgehead atoms. The summed E-state index contributed by atoms with van der Waals surface area (Å²) >= 11 is 0. The summed E-state index contributed by atoms with van der Waals surface area (Å²) in [6.07, 6.45) is 4.76. The molecular weight excluding hydrogens is 270 g/mol. The van der Waals surface area contributed by atoms with Crippen LogP contribution in [0.2, 0.25) is 0 Å². The lowest BCUT2D eigenvalue weighted by Crippen LogP contribution is -2.44. The van der Waals surface area contributed by atoms with Crippen LogP contribution in [0.4, 0.5) is 0 Å². The fourth-order valence-electron chi connectivity index (χ4n) is 2.41. The molecule has 0 atom stereocenters. The van der Waals surface area contributed by atoms with Crippen LogP contribution in [0.15, 0.2) is 0 Å². The van der Waals surface area contributed by atoms with Gasteiger partial charge in [0.1, 0.15) is 0 Å². The Morgan fingerprint density at radius 1 is 0.952 bits per heavy atom. The summed E-state index contributed by atoms with van der Waals surface area (Å²) in [6, 6.07) is 0.545. The summed E-state index contributed by atoms with van der Waals surface area (Å²) in [5, 5.41) is 3.47. The third-order valence-electron chi connectivity index (χ3n) is 3.84. The molecule has 0 radical (unpaired) electrons. The quantitative estimate of drug-likeness (QED) is 0.497. The number of methoxy groups -OCH3 is 1. The van der Waals surface area contributed by atoms with Gasteiger partial charge in [-0.3, -0.25) is 0 Å². The molecule has 0 aromatic carbocycles. The van der Waals surface area contributed by atoms with Crippen molar-refractivity contribution in [2.45, 2.75) is 51.2 Å². The van der Waals surface area contributed by atoms with E-state index in [0.29, 0.717) is 45.7 Å². The minimum Gasteiger partial charge on any atom is -0.382 e. The fraction of sp³-hybridized carbons (Fsp3) is 1.00. The Morgan fingerprint density at radius 2 is 1.57 bits per heavy atom. The number of rotatable bonds is 14. The van der Waals surface area contributed by atoms with Crippen LogP contribution in [0, 0.1) is 0 Å². The second-order valence-electron chi connectivity index (χ2n) is 5.96. The largest absolute Gasteiger partial charge is 0.382 e. The summed E-state index contributed by atoms with van der Waals surface area (Å²) in [6.45, 7) is 9.21. The highest BCUT2D eigenvalue weighted by Crippen LogP contribution is 2.38. The summed E-state index contributed by atoms with van der Waals surface area (Å²) in [5.74, 6) is 0. The molecule has 0 unspecified atom stereocenters. The zero-order valence-electron chi connectivity index (χ0n) is 14.0. The van der Waals surface area contributed by atoms with Crippen molar-refractivity contribution in [3.8, 4) is 0 Å². The molecular formula is C16H33NO4. The van der Waals surface area contributed by atoms with Crippen LogP contribution in [0.25, 0.3) is 0 Å². The minimum absolute atomic E-state index is 0.111. The van der Waals surface area contributed by atoms with Crippen molar-refractivity contribution in [1.82, 2.24) is 5.32 Å². The predicted molar refractivity (Wildman–Crippen MR) is 83.8 cm³/mol. The number of hydrogen-bond donors (Lipinski definition) is 1. The van der Waals surface area contributed by atoms with Crippen LogP contribution in [0.1, 0.15) is 39.5 Å². The van der Waals surface area contributed by atoms with E-state index in [1.165, 1.54) is 19.3 Å². The summed E-state index contributed by atoms with van der Waals surface area (Å²) in [5.41, 5.74) is 0.111. The van der Waals surface area contributed by atoms with Crippen molar-refractivity contribution in [3.63, 3.8) is 0 Å². The van der Waals surface area contributed by atoms with E-state index in [9.17, 15) is 0 Å². The molecule has 0 aliphatic heterocycles. The predicted octanol–water partition coefficient (Wildman–Crippen LogP) is 1.99. The topological polar surface area (TPSA) is 49.0 Å². The Bertz CT molecular complexity index is 244. The van der Waals surface area contributed by atoms with Gasteiger partial charge in [-0.2, -0.15) is 0 Å². The monoisotopic (exact) mass is 303 g/mol. The maximum Gasteiger partial charge on any atom is 0.0708 e. The van der Waals surface area contributed by atoms with Crippen molar-refractivity contribution in [2.75, 3.05) is 53.3 Å². The first-order valence-corrected chi connectivity index (χ1v) is 8.20. The highest BCUT2D eigenvalue weighted by molar-refractivity contribution is 4.90. The number of nitrogens with one attached hydrogen (secondary N) is 1. The average molecular weight is 303 g/mol. The van der Waals surface area contributed by atoms with Crippen LogP contribution in [0.5, 0.6) is 0 Å². The van der Waals surface area contributed by atoms with E-state index in [1.807, 2.05) is 0 Å². The molecule has 0 aromatic rings. The van der Waals surface area contributed by atoms with Gasteiger partial charge in [0, 0.05) is 13.2 Å². The van der Waals surface area contributed by atoms with Crippen molar-refractivity contribution >= 4 is 0 Å². The van der Waals surface area contributed by atoms with E-state index in [2.05, 4.69) is 19.2 Å². The van der Waals surface area contributed by atoms with Crippen LogP contribution in [0.3, 0.4) is 0 Å². The smallest absolute Gasteiger partial charge is 0.0708 e. The highest BCUT2D eigenvalue weighted by atomic mass is 16.6. The summed E-state index contributed by atoms with van der Waals surface area (Å²) < 4.78 is 21.8. The molecule has 0 amide bonds. The molecule has 1 N–H and O–H groups in total. The Morgan fingerprint density at radius 3 is 2.10 bits per heavy atom. The van der Waals surface area contributed by atoms with E-state index in [0.717, 1.165) is 13.0 Å². The molecule has 0 heterocycles. The Kier molecular flexibility index (Phi) is 10.2. The van der Waals surface area contributed by atoms with Crippen LogP contribution in [-0.4, -0.2) is 64.9 Å². The lowest BCUT2D eigenvalue weighted by Gasteiger charge is -2.42. The van der Waals surface area contributed by atoms with Crippen LogP contribution >= 0.6 is 0 Å². The molecule has 5 nitrogen and oxygen atoms in total. The third kappa shape index (κ3) is 8.73. The Labute approximate surface area is 129 Å². The lowest BCUT2D eigenvalue weighted by molar-refractivity contribution is -0.119. The molecule has 5 heteroatoms. The molecule has 1 aliphatic rings. The first-order valence-electron chi connectivity index (χ1n) is 8.20. The zero-order chi connectivity index (χ0) is 15.4. The van der Waals surface area contributed by atoms with Crippen molar-refractivity contribution in [2.24, 2.45) is 0 Å². The first kappa shape index (κ1) is 18.8. The summed E-state index contributed by atoms with van der Waals surface area (Å²) in [4.78, 5) is 0. The van der Waals surface area contributed by atoms with E-state index < -0.39 is 0 Å². The standard InChI is InChI=1S/C16H33NO4/c1-15(2)17-8-7-16(5-4-6-16)21-14-13-20-12-11-19-10-9-18-3/h15,17H,4-14H2,1-3H3. The average Bonchev–Trinajstić information content (AvgIpc) is 2.41. The zero-order valence-corrected chi connectivity index (χ0v) is 14.0. The van der Waals surface area contributed by atoms with E-state index in [-0.39, 0.29) is 5.60 Å². The molecule has 1 fully saturated rings. The first-order chi connectivity index (χ1) is 10.2. The van der Waals surface area contributed by atoms with Gasteiger partial charge < -0.3 is 24.3 Å². The normalized spacial score (nSPS) is 17.1. The van der Waals surface area contributed by atoms with Gasteiger partial charge in [-0.1, -0.05) is 13.8 Å². The Hall–Kier alpha value is -0.200. The van der Waals surface area contributed by atoms with Gasteiger partial charge in [-0.15, -0.1) is 0 Å². The van der Waals surface area contributed by atoms with Crippen LogP contribution in [-0.2, 0) is 18.9 Å². The number of hydrogen-bond acceptors (Lipinski definition) is 5. The third-order valence-corrected chi connectivity index (χ3v) is 3.84. The SMILES string of the molecule is COCCOCCOCCOC1(CCNC(C)C)CCC1. The van der Waals surface area contributed by atoms with Crippen molar-refractivity contribution < 1.29 is 18.9 Å². The maximum absolute atomic E-state index is 6.07. The van der Waals surface area contributed by atoms with Gasteiger partial charge in [0.15, 0.2) is 0 Å². The van der Waals surface area contributed by atoms with Crippen molar-refractivity contribution in [1.29, 1.82) is 0 Å². The molecule has 1 aliphatic carbocycles. The molecule has 21 heavy (non-hydrogen) atoms. The second-order valence-corrected chi connectivity index (χ2v) is 5.96. The van der Waals surface area contributed by atoms with E-state index in [1.54, 1.807) is 7.11 Å². The van der Waals surface area contributed by atoms with Gasteiger partial charge in [0.25, 0.3) is 0 Å². The van der Waals surface area contributed by atoms with Gasteiger partial charge >= 0.3 is 0 Å². The maximum atomic E-state index is 6.07. The van der Waals surface area contributed by atoms with Crippen molar-refractivity contribution in [3.05, 3.63) is 0 Å². The van der Waals surface area contributed by atoms with Gasteiger partial charge in [-0.25, -0.2) is 0 Å².